The predicted octanol–water partition coefficient (Wildman–Crippen LogP) is 3.86. The number of likely N-dealkylation sites (tertiary alicyclic amines) is 1. The maximum absolute atomic E-state index is 4.74. The van der Waals surface area contributed by atoms with Crippen LogP contribution in [0.4, 0.5) is 0 Å². The Labute approximate surface area is 164 Å². The predicted molar refractivity (Wildman–Crippen MR) is 109 cm³/mol. The first-order chi connectivity index (χ1) is 13.8. The molecule has 6 nitrogen and oxygen atoms in total. The van der Waals surface area contributed by atoms with E-state index < -0.39 is 0 Å². The first kappa shape index (κ1) is 17.1. The van der Waals surface area contributed by atoms with Gasteiger partial charge in [0.2, 0.25) is 0 Å². The summed E-state index contributed by atoms with van der Waals surface area (Å²) in [5.41, 5.74) is 5.45. The van der Waals surface area contributed by atoms with Crippen LogP contribution in [0.3, 0.4) is 0 Å². The number of aryl methyl sites for hydroxylation is 1. The summed E-state index contributed by atoms with van der Waals surface area (Å²) in [6, 6.07) is 12.8. The van der Waals surface area contributed by atoms with E-state index in [1.807, 2.05) is 53.0 Å². The van der Waals surface area contributed by atoms with E-state index in [0.717, 1.165) is 36.3 Å². The second kappa shape index (κ2) is 7.20. The number of nitrogens with zero attached hydrogens (tertiary/aromatic N) is 6. The zero-order valence-electron chi connectivity index (χ0n) is 16.1. The van der Waals surface area contributed by atoms with Crippen LogP contribution >= 0.6 is 0 Å². The van der Waals surface area contributed by atoms with Crippen LogP contribution in [0.5, 0.6) is 0 Å². The van der Waals surface area contributed by atoms with Gasteiger partial charge in [0.05, 0.1) is 17.9 Å². The lowest BCUT2D eigenvalue weighted by Gasteiger charge is -2.34. The number of hydrogen-bond donors (Lipinski definition) is 0. The van der Waals surface area contributed by atoms with Gasteiger partial charge in [0, 0.05) is 43.3 Å². The van der Waals surface area contributed by atoms with Gasteiger partial charge in [-0.05, 0) is 31.0 Å². The van der Waals surface area contributed by atoms with E-state index in [2.05, 4.69) is 39.5 Å². The van der Waals surface area contributed by atoms with Gasteiger partial charge in [-0.1, -0.05) is 36.8 Å². The zero-order valence-corrected chi connectivity index (χ0v) is 16.1. The summed E-state index contributed by atoms with van der Waals surface area (Å²) in [6.45, 7) is 1.96. The molecule has 1 fully saturated rings. The van der Waals surface area contributed by atoms with Gasteiger partial charge in [-0.2, -0.15) is 10.2 Å². The fourth-order valence-electron chi connectivity index (χ4n) is 4.18. The number of benzene rings is 1. The average Bonchev–Trinajstić information content (AvgIpc) is 3.35. The van der Waals surface area contributed by atoms with E-state index >= 15 is 0 Å². The summed E-state index contributed by atoms with van der Waals surface area (Å²) in [4.78, 5) is 7.26. The van der Waals surface area contributed by atoms with Gasteiger partial charge in [-0.3, -0.25) is 9.58 Å². The molecule has 4 heterocycles. The first-order valence-corrected chi connectivity index (χ1v) is 9.89. The van der Waals surface area contributed by atoms with Crippen LogP contribution in [0, 0.1) is 0 Å². The van der Waals surface area contributed by atoms with Crippen LogP contribution < -0.4 is 0 Å². The molecule has 1 saturated heterocycles. The molecule has 1 aliphatic rings. The van der Waals surface area contributed by atoms with Crippen LogP contribution in [0.15, 0.2) is 61.2 Å². The standard InChI is InChI=1S/C22H24N6/c1-26-12-10-20(25-26)21-9-5-6-11-27(21)15-17-13-23-22-19(14-24-28(22)16-17)18-7-3-2-4-8-18/h2-4,7-8,10,12-14,16,21H,5-6,9,11,15H2,1H3/t21-/m1/s1. The van der Waals surface area contributed by atoms with Crippen molar-refractivity contribution in [1.82, 2.24) is 29.3 Å². The molecule has 0 unspecified atom stereocenters. The van der Waals surface area contributed by atoms with Crippen molar-refractivity contribution in [2.45, 2.75) is 31.8 Å². The number of aromatic nitrogens is 5. The van der Waals surface area contributed by atoms with E-state index in [9.17, 15) is 0 Å². The highest BCUT2D eigenvalue weighted by Gasteiger charge is 2.26. The minimum atomic E-state index is 0.378. The Morgan fingerprint density at radius 1 is 1.07 bits per heavy atom. The Morgan fingerprint density at radius 3 is 2.79 bits per heavy atom. The van der Waals surface area contributed by atoms with Crippen molar-refractivity contribution in [3.63, 3.8) is 0 Å². The van der Waals surface area contributed by atoms with Crippen molar-refractivity contribution >= 4 is 5.65 Å². The Bertz CT molecular complexity index is 1080. The largest absolute Gasteiger partial charge is 0.290 e. The minimum absolute atomic E-state index is 0.378. The number of fused-ring (bicyclic) bond motifs is 1. The summed E-state index contributed by atoms with van der Waals surface area (Å²) in [7, 11) is 1.98. The molecule has 0 saturated carbocycles. The molecule has 0 amide bonds. The molecule has 1 atom stereocenters. The minimum Gasteiger partial charge on any atom is -0.290 e. The zero-order chi connectivity index (χ0) is 18.9. The molecular formula is C22H24N6. The Balaban J connectivity index is 1.41. The number of rotatable bonds is 4. The van der Waals surface area contributed by atoms with Gasteiger partial charge >= 0.3 is 0 Å². The van der Waals surface area contributed by atoms with E-state index in [-0.39, 0.29) is 0 Å². The maximum atomic E-state index is 4.74. The average molecular weight is 372 g/mol. The third kappa shape index (κ3) is 3.20. The monoisotopic (exact) mass is 372 g/mol. The van der Waals surface area contributed by atoms with Gasteiger partial charge in [-0.15, -0.1) is 0 Å². The van der Waals surface area contributed by atoms with E-state index in [1.54, 1.807) is 0 Å². The second-order valence-corrected chi connectivity index (χ2v) is 7.55. The van der Waals surface area contributed by atoms with Gasteiger partial charge in [0.1, 0.15) is 0 Å². The van der Waals surface area contributed by atoms with E-state index in [4.69, 9.17) is 4.98 Å². The van der Waals surface area contributed by atoms with Gasteiger partial charge in [-0.25, -0.2) is 9.50 Å². The van der Waals surface area contributed by atoms with Crippen molar-refractivity contribution in [3.8, 4) is 11.1 Å². The molecule has 1 aromatic carbocycles. The summed E-state index contributed by atoms with van der Waals surface area (Å²) >= 11 is 0. The van der Waals surface area contributed by atoms with Crippen LogP contribution in [0.2, 0.25) is 0 Å². The summed E-state index contributed by atoms with van der Waals surface area (Å²) in [6.07, 6.45) is 11.7. The third-order valence-electron chi connectivity index (χ3n) is 5.57. The normalized spacial score (nSPS) is 18.0. The lowest BCUT2D eigenvalue weighted by molar-refractivity contribution is 0.136. The van der Waals surface area contributed by atoms with Gasteiger partial charge in [0.15, 0.2) is 5.65 Å². The SMILES string of the molecule is Cn1ccc([C@H]2CCCCN2Cc2cnc3c(-c4ccccc4)cnn3c2)n1. The van der Waals surface area contributed by atoms with Gasteiger partial charge in [0.25, 0.3) is 0 Å². The van der Waals surface area contributed by atoms with E-state index in [1.165, 1.54) is 24.1 Å². The molecule has 0 spiro atoms. The van der Waals surface area contributed by atoms with Gasteiger partial charge < -0.3 is 0 Å². The molecule has 0 N–H and O–H groups in total. The Morgan fingerprint density at radius 2 is 1.96 bits per heavy atom. The van der Waals surface area contributed by atoms with Crippen LogP contribution in [0.25, 0.3) is 16.8 Å². The second-order valence-electron chi connectivity index (χ2n) is 7.55. The summed E-state index contributed by atoms with van der Waals surface area (Å²) in [5, 5.41) is 9.20. The molecule has 4 aromatic rings. The van der Waals surface area contributed by atoms with Crippen molar-refractivity contribution in [1.29, 1.82) is 0 Å². The topological polar surface area (TPSA) is 51.2 Å². The smallest absolute Gasteiger partial charge is 0.162 e. The van der Waals surface area contributed by atoms with E-state index in [0.29, 0.717) is 6.04 Å². The molecule has 0 radical (unpaired) electrons. The molecule has 142 valence electrons. The van der Waals surface area contributed by atoms with Crippen molar-refractivity contribution in [3.05, 3.63) is 72.4 Å². The molecule has 6 heteroatoms. The highest BCUT2D eigenvalue weighted by atomic mass is 15.3. The lowest BCUT2D eigenvalue weighted by Crippen LogP contribution is -2.33. The Kier molecular flexibility index (Phi) is 4.41. The molecule has 0 bridgehead atoms. The molecule has 1 aliphatic heterocycles. The lowest BCUT2D eigenvalue weighted by atomic mass is 9.99. The highest BCUT2D eigenvalue weighted by molar-refractivity contribution is 5.76. The summed E-state index contributed by atoms with van der Waals surface area (Å²) in [5.74, 6) is 0. The van der Waals surface area contributed by atoms with Crippen LogP contribution in [-0.4, -0.2) is 35.8 Å². The first-order valence-electron chi connectivity index (χ1n) is 9.89. The highest BCUT2D eigenvalue weighted by Crippen LogP contribution is 2.31. The van der Waals surface area contributed by atoms with Crippen molar-refractivity contribution < 1.29 is 0 Å². The van der Waals surface area contributed by atoms with Crippen LogP contribution in [-0.2, 0) is 13.6 Å². The van der Waals surface area contributed by atoms with Crippen molar-refractivity contribution in [2.75, 3.05) is 6.54 Å². The summed E-state index contributed by atoms with van der Waals surface area (Å²) < 4.78 is 3.79. The number of hydrogen-bond acceptors (Lipinski definition) is 4. The van der Waals surface area contributed by atoms with Crippen molar-refractivity contribution in [2.24, 2.45) is 7.05 Å². The molecule has 5 rings (SSSR count). The molecular weight excluding hydrogens is 348 g/mol. The Hall–Kier alpha value is -2.99. The fourth-order valence-corrected chi connectivity index (χ4v) is 4.18. The van der Waals surface area contributed by atoms with Crippen LogP contribution in [0.1, 0.15) is 36.6 Å². The maximum Gasteiger partial charge on any atom is 0.162 e. The molecule has 0 aliphatic carbocycles. The quantitative estimate of drug-likeness (QED) is 0.546. The third-order valence-corrected chi connectivity index (χ3v) is 5.57. The molecule has 28 heavy (non-hydrogen) atoms. The molecule has 3 aromatic heterocycles. The fraction of sp³-hybridized carbons (Fsp3) is 0.318. The number of piperidine rings is 1.